The summed E-state index contributed by atoms with van der Waals surface area (Å²) in [5.74, 6) is -1.56. The number of anilines is 1. The van der Waals surface area contributed by atoms with Crippen LogP contribution in [0.25, 0.3) is 21.0 Å². The summed E-state index contributed by atoms with van der Waals surface area (Å²) < 4.78 is 0.933. The van der Waals surface area contributed by atoms with Gasteiger partial charge in [-0.1, -0.05) is 59.9 Å². The first-order valence-corrected chi connectivity index (χ1v) is 13.1. The molecule has 178 valence electrons. The summed E-state index contributed by atoms with van der Waals surface area (Å²) in [5, 5.41) is 14.2. The zero-order valence-electron chi connectivity index (χ0n) is 19.8. The van der Waals surface area contributed by atoms with Crippen LogP contribution in [0.4, 0.5) is 5.13 Å². The van der Waals surface area contributed by atoms with E-state index in [2.05, 4.69) is 4.98 Å². The van der Waals surface area contributed by atoms with Gasteiger partial charge in [0.25, 0.3) is 5.91 Å². The molecular formula is C28H21N3O3S2. The van der Waals surface area contributed by atoms with Gasteiger partial charge in [-0.2, -0.15) is 0 Å². The van der Waals surface area contributed by atoms with Crippen molar-refractivity contribution < 1.29 is 14.7 Å². The third-order valence-electron chi connectivity index (χ3n) is 6.42. The molecule has 1 aliphatic heterocycles. The topological polar surface area (TPSA) is 83.4 Å². The molecule has 2 aromatic heterocycles. The van der Waals surface area contributed by atoms with Crippen molar-refractivity contribution >= 4 is 60.5 Å². The second-order valence-corrected chi connectivity index (χ2v) is 11.1. The van der Waals surface area contributed by atoms with Crippen LogP contribution in [0.1, 0.15) is 37.5 Å². The number of hydrogen-bond acceptors (Lipinski definition) is 7. The van der Waals surface area contributed by atoms with Gasteiger partial charge in [-0.3, -0.25) is 14.5 Å². The summed E-state index contributed by atoms with van der Waals surface area (Å²) >= 11 is 2.64. The van der Waals surface area contributed by atoms with E-state index in [-0.39, 0.29) is 11.4 Å². The monoisotopic (exact) mass is 511 g/mol. The molecule has 1 unspecified atom stereocenters. The predicted molar refractivity (Wildman–Crippen MR) is 144 cm³/mol. The van der Waals surface area contributed by atoms with Gasteiger partial charge in [-0.05, 0) is 54.8 Å². The van der Waals surface area contributed by atoms with E-state index in [1.807, 2.05) is 74.5 Å². The summed E-state index contributed by atoms with van der Waals surface area (Å²) in [4.78, 5) is 38.5. The highest BCUT2D eigenvalue weighted by molar-refractivity contribution is 7.22. The van der Waals surface area contributed by atoms with E-state index in [1.165, 1.54) is 27.6 Å². The van der Waals surface area contributed by atoms with Crippen molar-refractivity contribution in [2.75, 3.05) is 4.90 Å². The lowest BCUT2D eigenvalue weighted by atomic mass is 9.91. The molecule has 6 nitrogen and oxygen atoms in total. The fourth-order valence-corrected chi connectivity index (χ4v) is 6.77. The largest absolute Gasteiger partial charge is 0.503 e. The minimum absolute atomic E-state index is 0.0542. The molecule has 0 spiro atoms. The highest BCUT2D eigenvalue weighted by Gasteiger charge is 2.47. The first-order chi connectivity index (χ1) is 17.3. The van der Waals surface area contributed by atoms with Gasteiger partial charge in [0.05, 0.1) is 37.4 Å². The average molecular weight is 512 g/mol. The molecule has 0 fully saturated rings. The number of aromatic nitrogens is 2. The van der Waals surface area contributed by atoms with E-state index in [4.69, 9.17) is 4.98 Å². The molecule has 0 radical (unpaired) electrons. The fraction of sp³-hybridized carbons (Fsp3) is 0.143. The number of aliphatic hydroxyl groups excluding tert-OH is 1. The van der Waals surface area contributed by atoms with Gasteiger partial charge < -0.3 is 5.11 Å². The number of benzene rings is 3. The third kappa shape index (κ3) is 3.44. The lowest BCUT2D eigenvalue weighted by Gasteiger charge is -2.25. The number of nitrogens with zero attached hydrogens (tertiary/aromatic N) is 3. The van der Waals surface area contributed by atoms with Crippen molar-refractivity contribution in [3.8, 4) is 0 Å². The van der Waals surface area contributed by atoms with Crippen molar-refractivity contribution in [1.82, 2.24) is 9.97 Å². The van der Waals surface area contributed by atoms with Crippen LogP contribution in [0.15, 0.2) is 72.0 Å². The van der Waals surface area contributed by atoms with Crippen LogP contribution in [-0.4, -0.2) is 26.8 Å². The molecule has 5 aromatic rings. The normalized spacial score (nSPS) is 16.0. The number of aryl methyl sites for hydroxylation is 3. The first kappa shape index (κ1) is 22.6. The molecule has 0 bridgehead atoms. The molecule has 1 atom stereocenters. The molecule has 0 saturated heterocycles. The van der Waals surface area contributed by atoms with Gasteiger partial charge >= 0.3 is 0 Å². The van der Waals surface area contributed by atoms with E-state index in [0.717, 1.165) is 37.1 Å². The number of amides is 1. The van der Waals surface area contributed by atoms with Crippen LogP contribution in [0.5, 0.6) is 0 Å². The van der Waals surface area contributed by atoms with E-state index in [9.17, 15) is 14.7 Å². The quantitative estimate of drug-likeness (QED) is 0.274. The molecule has 0 saturated carbocycles. The maximum Gasteiger partial charge on any atom is 0.296 e. The molecule has 3 heterocycles. The van der Waals surface area contributed by atoms with Crippen LogP contribution in [0, 0.1) is 20.8 Å². The standard InChI is InChI=1S/C28H21N3O3S2/c1-14-11-12-20-21(13-14)36-28(30-20)31-23(19-10-6-8-17-7-4-5-9-18(17)19)22(25(33)27(31)34)24(32)26-15(2)29-16(3)35-26/h4-13,23,33H,1-3H3. The maximum absolute atomic E-state index is 13.9. The van der Waals surface area contributed by atoms with E-state index in [0.29, 0.717) is 15.7 Å². The molecule has 8 heteroatoms. The zero-order chi connectivity index (χ0) is 25.1. The molecule has 1 aliphatic rings. The zero-order valence-corrected chi connectivity index (χ0v) is 21.4. The lowest BCUT2D eigenvalue weighted by Crippen LogP contribution is -2.31. The number of carbonyl (C=O) groups excluding carboxylic acids is 2. The second kappa shape index (κ2) is 8.36. The molecular weight excluding hydrogens is 490 g/mol. The van der Waals surface area contributed by atoms with Crippen LogP contribution in [0.3, 0.4) is 0 Å². The Morgan fingerprint density at radius 3 is 2.53 bits per heavy atom. The smallest absolute Gasteiger partial charge is 0.296 e. The minimum Gasteiger partial charge on any atom is -0.503 e. The maximum atomic E-state index is 13.9. The Labute approximate surface area is 215 Å². The number of rotatable bonds is 4. The fourth-order valence-electron chi connectivity index (χ4n) is 4.80. The van der Waals surface area contributed by atoms with E-state index < -0.39 is 17.7 Å². The lowest BCUT2D eigenvalue weighted by molar-refractivity contribution is -0.117. The Bertz CT molecular complexity index is 1740. The van der Waals surface area contributed by atoms with Crippen molar-refractivity contribution in [3.05, 3.63) is 98.7 Å². The van der Waals surface area contributed by atoms with Crippen LogP contribution in [0.2, 0.25) is 0 Å². The second-order valence-electron chi connectivity index (χ2n) is 8.85. The van der Waals surface area contributed by atoms with Crippen molar-refractivity contribution in [1.29, 1.82) is 0 Å². The average Bonchev–Trinajstić information content (AvgIpc) is 3.51. The molecule has 1 amide bonds. The Hall–Kier alpha value is -3.88. The van der Waals surface area contributed by atoms with Gasteiger partial charge in [0.1, 0.15) is 0 Å². The van der Waals surface area contributed by atoms with Crippen LogP contribution < -0.4 is 4.90 Å². The Morgan fingerprint density at radius 1 is 0.972 bits per heavy atom. The van der Waals surface area contributed by atoms with Gasteiger partial charge in [0, 0.05) is 0 Å². The van der Waals surface area contributed by atoms with Gasteiger partial charge in [-0.15, -0.1) is 11.3 Å². The van der Waals surface area contributed by atoms with Crippen molar-refractivity contribution in [3.63, 3.8) is 0 Å². The van der Waals surface area contributed by atoms with E-state index >= 15 is 0 Å². The Morgan fingerprint density at radius 2 is 1.75 bits per heavy atom. The first-order valence-electron chi connectivity index (χ1n) is 11.4. The summed E-state index contributed by atoms with van der Waals surface area (Å²) in [5.41, 5.74) is 3.24. The highest BCUT2D eigenvalue weighted by atomic mass is 32.1. The number of aliphatic hydroxyl groups is 1. The van der Waals surface area contributed by atoms with Gasteiger partial charge in [0.15, 0.2) is 10.9 Å². The number of Topliss-reactive ketones (excluding diaryl/α,β-unsaturated/α-hetero) is 1. The number of hydrogen-bond donors (Lipinski definition) is 1. The molecule has 1 N–H and O–H groups in total. The number of ketones is 1. The minimum atomic E-state index is -0.834. The Kier molecular flexibility index (Phi) is 5.24. The van der Waals surface area contributed by atoms with E-state index in [1.54, 1.807) is 6.92 Å². The van der Waals surface area contributed by atoms with Crippen LogP contribution >= 0.6 is 22.7 Å². The molecule has 6 rings (SSSR count). The number of carbonyl (C=O) groups is 2. The van der Waals surface area contributed by atoms with Crippen molar-refractivity contribution in [2.45, 2.75) is 26.8 Å². The SMILES string of the molecule is Cc1ccc2nc(N3C(=O)C(O)=C(C(=O)c4sc(C)nc4C)C3c3cccc4ccccc34)sc2c1. The molecule has 0 aliphatic carbocycles. The predicted octanol–water partition coefficient (Wildman–Crippen LogP) is 6.61. The summed E-state index contributed by atoms with van der Waals surface area (Å²) in [6.07, 6.45) is 0. The third-order valence-corrected chi connectivity index (χ3v) is 8.51. The molecule has 36 heavy (non-hydrogen) atoms. The van der Waals surface area contributed by atoms with Gasteiger partial charge in [0.2, 0.25) is 5.78 Å². The summed E-state index contributed by atoms with van der Waals surface area (Å²) in [6.45, 7) is 5.61. The summed E-state index contributed by atoms with van der Waals surface area (Å²) in [7, 11) is 0. The highest BCUT2D eigenvalue weighted by Crippen LogP contribution is 2.46. The van der Waals surface area contributed by atoms with Gasteiger partial charge in [-0.25, -0.2) is 9.97 Å². The van der Waals surface area contributed by atoms with Crippen molar-refractivity contribution in [2.24, 2.45) is 0 Å². The van der Waals surface area contributed by atoms with Crippen LogP contribution in [-0.2, 0) is 4.79 Å². The molecule has 3 aromatic carbocycles. The Balaban J connectivity index is 1.60. The number of fused-ring (bicyclic) bond motifs is 2. The number of thiazole rings is 2. The summed E-state index contributed by atoms with van der Waals surface area (Å²) in [6, 6.07) is 18.7.